The highest BCUT2D eigenvalue weighted by molar-refractivity contribution is 6.74. The number of hydrogen-bond acceptors (Lipinski definition) is 3. The molecule has 0 radical (unpaired) electrons. The standard InChI is InChI=1S/C22H42O4Si/c1-8-9-10-14-22(5,26-27(6,7)21(2,3)4)15-13-17-11-12-19(23)18(17)16-20(24)25/h11,18-19,23H,8-10,12-16H2,1-7H3,(H,24,25). The van der Waals surface area contributed by atoms with Gasteiger partial charge < -0.3 is 14.6 Å². The largest absolute Gasteiger partial charge is 0.481 e. The molecular weight excluding hydrogens is 356 g/mol. The molecule has 1 aliphatic rings. The van der Waals surface area contributed by atoms with Gasteiger partial charge in [0.1, 0.15) is 0 Å². The lowest BCUT2D eigenvalue weighted by molar-refractivity contribution is -0.138. The van der Waals surface area contributed by atoms with Crippen LogP contribution in [0, 0.1) is 5.92 Å². The van der Waals surface area contributed by atoms with Crippen LogP contribution >= 0.6 is 0 Å². The molecule has 3 atom stereocenters. The van der Waals surface area contributed by atoms with E-state index in [0.717, 1.165) is 31.3 Å². The number of unbranched alkanes of at least 4 members (excludes halogenated alkanes) is 2. The normalized spacial score (nSPS) is 23.2. The Labute approximate surface area is 167 Å². The number of rotatable bonds is 11. The van der Waals surface area contributed by atoms with E-state index >= 15 is 0 Å². The van der Waals surface area contributed by atoms with Gasteiger partial charge in [-0.15, -0.1) is 0 Å². The summed E-state index contributed by atoms with van der Waals surface area (Å²) in [6.45, 7) is 15.9. The molecule has 158 valence electrons. The van der Waals surface area contributed by atoms with E-state index < -0.39 is 20.4 Å². The molecule has 0 aromatic rings. The van der Waals surface area contributed by atoms with Crippen molar-refractivity contribution in [1.82, 2.24) is 0 Å². The molecule has 0 fully saturated rings. The molecule has 0 heterocycles. The van der Waals surface area contributed by atoms with Crippen LogP contribution in [0.2, 0.25) is 18.1 Å². The van der Waals surface area contributed by atoms with Gasteiger partial charge in [0, 0.05) is 5.92 Å². The van der Waals surface area contributed by atoms with Crippen molar-refractivity contribution >= 4 is 14.3 Å². The molecule has 1 aliphatic carbocycles. The summed E-state index contributed by atoms with van der Waals surface area (Å²) < 4.78 is 6.87. The molecule has 4 nitrogen and oxygen atoms in total. The van der Waals surface area contributed by atoms with Crippen LogP contribution in [-0.4, -0.2) is 36.2 Å². The van der Waals surface area contributed by atoms with Gasteiger partial charge in [-0.2, -0.15) is 0 Å². The van der Waals surface area contributed by atoms with Gasteiger partial charge in [-0.3, -0.25) is 4.79 Å². The van der Waals surface area contributed by atoms with E-state index in [1.54, 1.807) is 0 Å². The van der Waals surface area contributed by atoms with Crippen molar-refractivity contribution in [2.24, 2.45) is 5.92 Å². The van der Waals surface area contributed by atoms with Gasteiger partial charge in [-0.25, -0.2) is 0 Å². The maximum atomic E-state index is 11.2. The van der Waals surface area contributed by atoms with Gasteiger partial charge in [0.25, 0.3) is 0 Å². The zero-order valence-electron chi connectivity index (χ0n) is 18.6. The van der Waals surface area contributed by atoms with Crippen LogP contribution in [0.15, 0.2) is 11.6 Å². The summed E-state index contributed by atoms with van der Waals surface area (Å²) in [7, 11) is -1.90. The first-order valence-electron chi connectivity index (χ1n) is 10.6. The van der Waals surface area contributed by atoms with Crippen LogP contribution in [0.5, 0.6) is 0 Å². The van der Waals surface area contributed by atoms with Gasteiger partial charge in [-0.05, 0) is 50.7 Å². The summed E-state index contributed by atoms with van der Waals surface area (Å²) in [5.41, 5.74) is 0.908. The zero-order chi connectivity index (χ0) is 20.9. The number of carbonyl (C=O) groups is 1. The van der Waals surface area contributed by atoms with E-state index in [9.17, 15) is 9.90 Å². The van der Waals surface area contributed by atoms with Crippen LogP contribution in [0.1, 0.15) is 86.0 Å². The second kappa shape index (κ2) is 9.70. The molecule has 27 heavy (non-hydrogen) atoms. The molecule has 0 amide bonds. The molecule has 0 spiro atoms. The van der Waals surface area contributed by atoms with Crippen molar-refractivity contribution in [1.29, 1.82) is 0 Å². The minimum absolute atomic E-state index is 0.0165. The second-order valence-corrected chi connectivity index (χ2v) is 14.8. The Kier molecular flexibility index (Phi) is 8.76. The van der Waals surface area contributed by atoms with E-state index in [0.29, 0.717) is 6.42 Å². The third-order valence-electron chi connectivity index (χ3n) is 6.52. The van der Waals surface area contributed by atoms with Crippen molar-refractivity contribution in [2.45, 2.75) is 116 Å². The molecule has 0 bridgehead atoms. The lowest BCUT2D eigenvalue weighted by Gasteiger charge is -2.45. The van der Waals surface area contributed by atoms with E-state index in [2.05, 4.69) is 53.8 Å². The first-order valence-corrected chi connectivity index (χ1v) is 13.5. The zero-order valence-corrected chi connectivity index (χ0v) is 19.6. The lowest BCUT2D eigenvalue weighted by atomic mass is 9.87. The highest BCUT2D eigenvalue weighted by Crippen LogP contribution is 2.43. The number of aliphatic hydroxyl groups is 1. The minimum Gasteiger partial charge on any atom is -0.481 e. The van der Waals surface area contributed by atoms with Crippen molar-refractivity contribution in [3.63, 3.8) is 0 Å². The number of hydrogen-bond donors (Lipinski definition) is 2. The van der Waals surface area contributed by atoms with E-state index in [1.807, 2.05) is 0 Å². The SMILES string of the molecule is CCCCCC(C)(CCC1=CCC(O)C1CC(=O)O)O[Si](C)(C)C(C)(C)C. The predicted octanol–water partition coefficient (Wildman–Crippen LogP) is 5.91. The lowest BCUT2D eigenvalue weighted by Crippen LogP contribution is -2.48. The number of carboxylic acids is 1. The molecule has 0 aliphatic heterocycles. The maximum Gasteiger partial charge on any atom is 0.304 e. The topological polar surface area (TPSA) is 66.8 Å². The Morgan fingerprint density at radius 2 is 1.85 bits per heavy atom. The fourth-order valence-electron chi connectivity index (χ4n) is 3.73. The fourth-order valence-corrected chi connectivity index (χ4v) is 5.47. The van der Waals surface area contributed by atoms with Crippen LogP contribution in [0.4, 0.5) is 0 Å². The Bertz CT molecular complexity index is 521. The van der Waals surface area contributed by atoms with Gasteiger partial charge in [0.2, 0.25) is 0 Å². The molecule has 0 aromatic carbocycles. The molecule has 5 heteroatoms. The van der Waals surface area contributed by atoms with Gasteiger partial charge >= 0.3 is 5.97 Å². The van der Waals surface area contributed by atoms with Gasteiger partial charge in [0.15, 0.2) is 8.32 Å². The van der Waals surface area contributed by atoms with Crippen molar-refractivity contribution in [3.8, 4) is 0 Å². The minimum atomic E-state index is -1.90. The Morgan fingerprint density at radius 1 is 1.22 bits per heavy atom. The van der Waals surface area contributed by atoms with E-state index in [1.165, 1.54) is 12.8 Å². The molecule has 0 saturated heterocycles. The quantitative estimate of drug-likeness (QED) is 0.258. The third kappa shape index (κ3) is 7.35. The number of aliphatic carboxylic acids is 1. The smallest absolute Gasteiger partial charge is 0.304 e. The summed E-state index contributed by atoms with van der Waals surface area (Å²) >= 11 is 0. The van der Waals surface area contributed by atoms with Crippen molar-refractivity contribution < 1.29 is 19.4 Å². The Hall–Kier alpha value is -0.653. The highest BCUT2D eigenvalue weighted by Gasteiger charge is 2.43. The van der Waals surface area contributed by atoms with E-state index in [4.69, 9.17) is 9.53 Å². The summed E-state index contributed by atoms with van der Waals surface area (Å²) in [4.78, 5) is 11.2. The summed E-state index contributed by atoms with van der Waals surface area (Å²) in [6.07, 6.45) is 8.37. The highest BCUT2D eigenvalue weighted by atomic mass is 28.4. The number of aliphatic hydroxyl groups excluding tert-OH is 1. The van der Waals surface area contributed by atoms with Crippen molar-refractivity contribution in [2.75, 3.05) is 0 Å². The Morgan fingerprint density at radius 3 is 2.37 bits per heavy atom. The second-order valence-electron chi connectivity index (χ2n) is 10.1. The van der Waals surface area contributed by atoms with Crippen molar-refractivity contribution in [3.05, 3.63) is 11.6 Å². The van der Waals surface area contributed by atoms with E-state index in [-0.39, 0.29) is 23.0 Å². The van der Waals surface area contributed by atoms with Crippen LogP contribution in [0.25, 0.3) is 0 Å². The molecule has 0 aromatic heterocycles. The molecule has 0 saturated carbocycles. The van der Waals surface area contributed by atoms with Gasteiger partial charge in [-0.1, -0.05) is 58.6 Å². The Balaban J connectivity index is 2.86. The molecule has 3 unspecified atom stereocenters. The monoisotopic (exact) mass is 398 g/mol. The van der Waals surface area contributed by atoms with Crippen LogP contribution in [0.3, 0.4) is 0 Å². The molecule has 1 rings (SSSR count). The number of carboxylic acid groups (broad SMARTS) is 1. The third-order valence-corrected chi connectivity index (χ3v) is 11.1. The summed E-state index contributed by atoms with van der Waals surface area (Å²) in [5.74, 6) is -1.08. The first-order chi connectivity index (χ1) is 12.3. The average Bonchev–Trinajstić information content (AvgIpc) is 2.84. The molecule has 2 N–H and O–H groups in total. The van der Waals surface area contributed by atoms with Crippen LogP contribution < -0.4 is 0 Å². The molecular formula is C22H42O4Si. The summed E-state index contributed by atoms with van der Waals surface area (Å²) in [5, 5.41) is 19.5. The fraction of sp³-hybridized carbons (Fsp3) is 0.864. The summed E-state index contributed by atoms with van der Waals surface area (Å²) in [6, 6.07) is 0. The maximum absolute atomic E-state index is 11.2. The predicted molar refractivity (Wildman–Crippen MR) is 115 cm³/mol. The first kappa shape index (κ1) is 24.4. The average molecular weight is 399 g/mol. The van der Waals surface area contributed by atoms with Gasteiger partial charge in [0.05, 0.1) is 18.1 Å². The van der Waals surface area contributed by atoms with Crippen LogP contribution in [-0.2, 0) is 9.22 Å².